The molecular formula is C17H11N3O5. The van der Waals surface area contributed by atoms with E-state index in [-0.39, 0.29) is 18.2 Å². The first kappa shape index (κ1) is 15.0. The molecule has 2 heterocycles. The van der Waals surface area contributed by atoms with Crippen LogP contribution in [-0.2, 0) is 11.2 Å². The van der Waals surface area contributed by atoms with Crippen LogP contribution in [0, 0.1) is 10.1 Å². The molecule has 8 nitrogen and oxygen atoms in total. The first-order valence-corrected chi connectivity index (χ1v) is 7.43. The summed E-state index contributed by atoms with van der Waals surface area (Å²) in [5.74, 6) is 1.19. The summed E-state index contributed by atoms with van der Waals surface area (Å²) in [6.07, 6.45) is 0.978. The fourth-order valence-corrected chi connectivity index (χ4v) is 2.77. The van der Waals surface area contributed by atoms with Crippen LogP contribution >= 0.6 is 0 Å². The van der Waals surface area contributed by atoms with Crippen molar-refractivity contribution in [3.8, 4) is 11.5 Å². The predicted octanol–water partition coefficient (Wildman–Crippen LogP) is 2.27. The molecule has 0 saturated carbocycles. The molecule has 0 amide bonds. The fraction of sp³-hybridized carbons (Fsp3) is 0.118. The zero-order valence-corrected chi connectivity index (χ0v) is 12.8. The Kier molecular flexibility index (Phi) is 3.50. The first-order valence-electron chi connectivity index (χ1n) is 7.43. The lowest BCUT2D eigenvalue weighted by Gasteiger charge is -2.10. The molecule has 0 unspecified atom stereocenters. The first-order chi connectivity index (χ1) is 12.2. The van der Waals surface area contributed by atoms with E-state index in [9.17, 15) is 14.9 Å². The smallest absolute Gasteiger partial charge is 0.269 e. The summed E-state index contributed by atoms with van der Waals surface area (Å²) in [6, 6.07) is 9.61. The van der Waals surface area contributed by atoms with Crippen molar-refractivity contribution in [1.29, 1.82) is 0 Å². The number of hydrogen-bond donors (Lipinski definition) is 0. The van der Waals surface area contributed by atoms with Crippen molar-refractivity contribution >= 4 is 23.4 Å². The van der Waals surface area contributed by atoms with E-state index in [0.29, 0.717) is 35.5 Å². The van der Waals surface area contributed by atoms with Gasteiger partial charge in [-0.25, -0.2) is 0 Å². The van der Waals surface area contributed by atoms with Crippen molar-refractivity contribution < 1.29 is 19.2 Å². The molecule has 0 spiro atoms. The van der Waals surface area contributed by atoms with Gasteiger partial charge < -0.3 is 9.47 Å². The number of carbonyl (C=O) groups is 1. The Hall–Kier alpha value is -3.55. The number of benzene rings is 2. The number of carbonyl (C=O) groups excluding carboxylic acids is 1. The molecule has 124 valence electrons. The van der Waals surface area contributed by atoms with Gasteiger partial charge >= 0.3 is 0 Å². The van der Waals surface area contributed by atoms with Crippen LogP contribution < -0.4 is 9.47 Å². The van der Waals surface area contributed by atoms with Gasteiger partial charge in [-0.3, -0.25) is 14.9 Å². The van der Waals surface area contributed by atoms with Gasteiger partial charge in [-0.1, -0.05) is 0 Å². The summed E-state index contributed by atoms with van der Waals surface area (Å²) in [4.78, 5) is 21.6. The summed E-state index contributed by atoms with van der Waals surface area (Å²) < 4.78 is 10.8. The Balaban J connectivity index is 1.86. The van der Waals surface area contributed by atoms with Gasteiger partial charge in [0.25, 0.3) is 5.69 Å². The van der Waals surface area contributed by atoms with Crippen molar-refractivity contribution in [3.63, 3.8) is 0 Å². The van der Waals surface area contributed by atoms with Crippen molar-refractivity contribution in [2.24, 2.45) is 10.2 Å². The topological polar surface area (TPSA) is 103 Å². The number of nitro benzene ring substituents is 1. The minimum atomic E-state index is -0.465. The van der Waals surface area contributed by atoms with Crippen LogP contribution in [0.2, 0.25) is 0 Å². The van der Waals surface area contributed by atoms with Crippen LogP contribution in [0.1, 0.15) is 16.7 Å². The van der Waals surface area contributed by atoms with Gasteiger partial charge in [-0.15, -0.1) is 5.10 Å². The number of ether oxygens (including phenoxy) is 2. The standard InChI is InChI=1S/C17H11N3O5/c21-8-12-5-11-6-15-16(25-9-24-15)7-14(11)17(19-18-12)10-1-3-13(4-2-10)20(22)23/h1-4,6-8H,5,9H2. The Morgan fingerprint density at radius 3 is 2.48 bits per heavy atom. The minimum absolute atomic E-state index is 0.0130. The molecule has 2 aromatic rings. The van der Waals surface area contributed by atoms with Gasteiger partial charge in [0, 0.05) is 29.7 Å². The third kappa shape index (κ3) is 2.63. The van der Waals surface area contributed by atoms with E-state index in [4.69, 9.17) is 9.47 Å². The van der Waals surface area contributed by atoms with Crippen LogP contribution in [0.4, 0.5) is 5.69 Å². The van der Waals surface area contributed by atoms with Crippen molar-refractivity contribution in [1.82, 2.24) is 0 Å². The molecule has 0 fully saturated rings. The molecule has 8 heteroatoms. The second kappa shape index (κ2) is 5.82. The molecule has 0 aromatic heterocycles. The fourth-order valence-electron chi connectivity index (χ4n) is 2.77. The number of fused-ring (bicyclic) bond motifs is 2. The summed E-state index contributed by atoms with van der Waals surface area (Å²) in [5, 5.41) is 19.0. The third-order valence-corrected chi connectivity index (χ3v) is 3.99. The maximum absolute atomic E-state index is 11.2. The van der Waals surface area contributed by atoms with Crippen LogP contribution in [0.25, 0.3) is 0 Å². The molecule has 2 aliphatic heterocycles. The van der Waals surface area contributed by atoms with E-state index < -0.39 is 4.92 Å². The number of rotatable bonds is 3. The second-order valence-corrected chi connectivity index (χ2v) is 5.50. The predicted molar refractivity (Wildman–Crippen MR) is 88.5 cm³/mol. The SMILES string of the molecule is O=CC1=NN=C(c2ccc([N+](=O)[O-])cc2)c2cc3c(cc2C1)OCO3. The average molecular weight is 337 g/mol. The Labute approximate surface area is 141 Å². The maximum Gasteiger partial charge on any atom is 0.269 e. The molecule has 0 saturated heterocycles. The lowest BCUT2D eigenvalue weighted by atomic mass is 9.94. The van der Waals surface area contributed by atoms with E-state index in [1.807, 2.05) is 6.07 Å². The van der Waals surface area contributed by atoms with E-state index in [1.54, 1.807) is 18.2 Å². The quantitative estimate of drug-likeness (QED) is 0.485. The van der Waals surface area contributed by atoms with Gasteiger partial charge in [-0.05, 0) is 29.8 Å². The zero-order chi connectivity index (χ0) is 17.4. The number of nitro groups is 1. The minimum Gasteiger partial charge on any atom is -0.454 e. The van der Waals surface area contributed by atoms with E-state index >= 15 is 0 Å². The molecule has 2 aliphatic rings. The number of nitrogens with zero attached hydrogens (tertiary/aromatic N) is 3. The second-order valence-electron chi connectivity index (χ2n) is 5.50. The zero-order valence-electron chi connectivity index (χ0n) is 12.8. The number of non-ortho nitro benzene ring substituents is 1. The highest BCUT2D eigenvalue weighted by molar-refractivity contribution is 6.30. The largest absolute Gasteiger partial charge is 0.454 e. The van der Waals surface area contributed by atoms with Gasteiger partial charge in [-0.2, -0.15) is 5.10 Å². The number of hydrogen-bond acceptors (Lipinski definition) is 7. The van der Waals surface area contributed by atoms with Crippen LogP contribution in [0.15, 0.2) is 46.6 Å². The molecule has 0 radical (unpaired) electrons. The van der Waals surface area contributed by atoms with Gasteiger partial charge in [0.1, 0.15) is 11.4 Å². The average Bonchev–Trinajstić information content (AvgIpc) is 3.00. The highest BCUT2D eigenvalue weighted by Gasteiger charge is 2.23. The van der Waals surface area contributed by atoms with Crippen LogP contribution in [0.3, 0.4) is 0 Å². The highest BCUT2D eigenvalue weighted by Crippen LogP contribution is 2.36. The lowest BCUT2D eigenvalue weighted by Crippen LogP contribution is -2.08. The molecule has 0 aliphatic carbocycles. The third-order valence-electron chi connectivity index (χ3n) is 3.99. The normalized spacial score (nSPS) is 14.9. The van der Waals surface area contributed by atoms with E-state index in [0.717, 1.165) is 11.1 Å². The van der Waals surface area contributed by atoms with Crippen LogP contribution in [-0.4, -0.2) is 29.4 Å². The Morgan fingerprint density at radius 2 is 1.80 bits per heavy atom. The molecule has 0 atom stereocenters. The van der Waals surface area contributed by atoms with Gasteiger partial charge in [0.15, 0.2) is 17.8 Å². The highest BCUT2D eigenvalue weighted by atomic mass is 16.7. The summed E-state index contributed by atoms with van der Waals surface area (Å²) in [6.45, 7) is 0.136. The summed E-state index contributed by atoms with van der Waals surface area (Å²) >= 11 is 0. The van der Waals surface area contributed by atoms with Crippen molar-refractivity contribution in [3.05, 3.63) is 63.2 Å². The van der Waals surface area contributed by atoms with Crippen molar-refractivity contribution in [2.75, 3.05) is 6.79 Å². The lowest BCUT2D eigenvalue weighted by molar-refractivity contribution is -0.384. The molecule has 25 heavy (non-hydrogen) atoms. The maximum atomic E-state index is 11.2. The van der Waals surface area contributed by atoms with Crippen LogP contribution in [0.5, 0.6) is 11.5 Å². The molecule has 2 aromatic carbocycles. The van der Waals surface area contributed by atoms with Gasteiger partial charge in [0.05, 0.1) is 4.92 Å². The summed E-state index contributed by atoms with van der Waals surface area (Å²) in [5.41, 5.74) is 3.02. The molecule has 0 bridgehead atoms. The van der Waals surface area contributed by atoms with Crippen molar-refractivity contribution in [2.45, 2.75) is 6.42 Å². The van der Waals surface area contributed by atoms with E-state index in [1.165, 1.54) is 12.1 Å². The molecule has 0 N–H and O–H groups in total. The Bertz CT molecular complexity index is 948. The molecular weight excluding hydrogens is 326 g/mol. The Morgan fingerprint density at radius 1 is 1.08 bits per heavy atom. The van der Waals surface area contributed by atoms with E-state index in [2.05, 4.69) is 10.2 Å². The number of aldehydes is 1. The monoisotopic (exact) mass is 337 g/mol. The van der Waals surface area contributed by atoms with Gasteiger partial charge in [0.2, 0.25) is 6.79 Å². The summed E-state index contributed by atoms with van der Waals surface area (Å²) in [7, 11) is 0. The molecule has 4 rings (SSSR count).